The first-order valence-electron chi connectivity index (χ1n) is 7.90. The fraction of sp³-hybridized carbons (Fsp3) is 0. The zero-order chi connectivity index (χ0) is 15.7. The number of rotatable bonds is 0. The maximum Gasteiger partial charge on any atom is 0.0894 e. The zero-order valence-electron chi connectivity index (χ0n) is 12.6. The monoisotopic (exact) mass is 341 g/mol. The smallest absolute Gasteiger partial charge is 0.0894 e. The van der Waals surface area contributed by atoms with Crippen molar-refractivity contribution < 1.29 is 0 Å². The van der Waals surface area contributed by atoms with Gasteiger partial charge in [-0.05, 0) is 46.8 Å². The number of hydrogen-bond donors (Lipinski definition) is 0. The highest BCUT2D eigenvalue weighted by Gasteiger charge is 2.21. The summed E-state index contributed by atoms with van der Waals surface area (Å²) >= 11 is 3.72. The normalized spacial score (nSPS) is 12.8. The molecule has 24 heavy (non-hydrogen) atoms. The lowest BCUT2D eigenvalue weighted by atomic mass is 9.95. The molecule has 2 aromatic heterocycles. The van der Waals surface area contributed by atoms with E-state index < -0.39 is 0 Å². The van der Waals surface area contributed by atoms with Crippen LogP contribution in [0.4, 0.5) is 0 Å². The molecule has 0 unspecified atom stereocenters. The molecule has 112 valence electrons. The zero-order valence-corrected chi connectivity index (χ0v) is 14.2. The molecular formula is C21H11NS2. The third-order valence-electron chi connectivity index (χ3n) is 4.71. The van der Waals surface area contributed by atoms with Crippen LogP contribution in [0.5, 0.6) is 0 Å². The molecule has 0 radical (unpaired) electrons. The fourth-order valence-electron chi connectivity index (χ4n) is 3.72. The van der Waals surface area contributed by atoms with Gasteiger partial charge in [0.05, 0.1) is 10.2 Å². The number of aromatic nitrogens is 1. The van der Waals surface area contributed by atoms with E-state index in [2.05, 4.69) is 59.6 Å². The molecule has 0 saturated heterocycles. The predicted octanol–water partition coefficient (Wildman–Crippen LogP) is 6.73. The van der Waals surface area contributed by atoms with E-state index in [0.717, 1.165) is 5.52 Å². The quantitative estimate of drug-likeness (QED) is 0.304. The maximum absolute atomic E-state index is 4.67. The summed E-state index contributed by atoms with van der Waals surface area (Å²) in [5.74, 6) is 0. The van der Waals surface area contributed by atoms with E-state index in [1.54, 1.807) is 0 Å². The Hall–Kier alpha value is -2.36. The number of benzene rings is 3. The van der Waals surface area contributed by atoms with Gasteiger partial charge in [0.15, 0.2) is 0 Å². The van der Waals surface area contributed by atoms with E-state index in [1.807, 2.05) is 35.4 Å². The number of thiophene rings is 1. The standard InChI is InChI=1S/C21H11NS2/c1-2-7-15-12(5-1)14-11-18-20(21-17(24-18)9-4-10-22-21)13-6-3-8-16(23-15)19(13)14/h1-11H. The topological polar surface area (TPSA) is 12.9 Å². The summed E-state index contributed by atoms with van der Waals surface area (Å²) in [6, 6.07) is 21.9. The highest BCUT2D eigenvalue weighted by atomic mass is 32.2. The Morgan fingerprint density at radius 1 is 0.708 bits per heavy atom. The minimum Gasteiger partial charge on any atom is -0.255 e. The van der Waals surface area contributed by atoms with Gasteiger partial charge in [-0.2, -0.15) is 0 Å². The largest absolute Gasteiger partial charge is 0.255 e. The minimum absolute atomic E-state index is 1.13. The van der Waals surface area contributed by atoms with E-state index in [0.29, 0.717) is 0 Å². The van der Waals surface area contributed by atoms with Crippen molar-refractivity contribution in [3.05, 3.63) is 66.9 Å². The van der Waals surface area contributed by atoms with Crippen LogP contribution in [-0.4, -0.2) is 4.98 Å². The highest BCUT2D eigenvalue weighted by Crippen LogP contribution is 2.51. The lowest BCUT2D eigenvalue weighted by Crippen LogP contribution is -1.92. The van der Waals surface area contributed by atoms with Gasteiger partial charge in [0.2, 0.25) is 0 Å². The van der Waals surface area contributed by atoms with Gasteiger partial charge in [0, 0.05) is 31.5 Å². The Kier molecular flexibility index (Phi) is 2.49. The molecule has 0 bridgehead atoms. The van der Waals surface area contributed by atoms with E-state index in [4.69, 9.17) is 0 Å². The molecule has 0 amide bonds. The van der Waals surface area contributed by atoms with Gasteiger partial charge < -0.3 is 0 Å². The Labute approximate surface area is 147 Å². The molecule has 1 aliphatic rings. The highest BCUT2D eigenvalue weighted by molar-refractivity contribution is 7.99. The van der Waals surface area contributed by atoms with E-state index in [9.17, 15) is 0 Å². The summed E-state index contributed by atoms with van der Waals surface area (Å²) in [5, 5.41) is 4.00. The van der Waals surface area contributed by atoms with Gasteiger partial charge in [-0.25, -0.2) is 0 Å². The van der Waals surface area contributed by atoms with E-state index in [1.165, 1.54) is 46.5 Å². The molecule has 0 aliphatic carbocycles. The average molecular weight is 341 g/mol. The summed E-state index contributed by atoms with van der Waals surface area (Å²) in [5.41, 5.74) is 3.83. The minimum atomic E-state index is 1.13. The molecule has 3 heteroatoms. The van der Waals surface area contributed by atoms with Crippen molar-refractivity contribution in [2.75, 3.05) is 0 Å². The van der Waals surface area contributed by atoms with Gasteiger partial charge in [0.1, 0.15) is 0 Å². The fourth-order valence-corrected chi connectivity index (χ4v) is 5.98. The molecule has 1 aliphatic heterocycles. The number of fused-ring (bicyclic) bond motifs is 6. The maximum atomic E-state index is 4.67. The molecule has 0 spiro atoms. The first-order chi connectivity index (χ1) is 11.9. The Morgan fingerprint density at radius 3 is 2.62 bits per heavy atom. The third kappa shape index (κ3) is 1.58. The van der Waals surface area contributed by atoms with Crippen LogP contribution in [0.25, 0.3) is 42.2 Å². The van der Waals surface area contributed by atoms with Crippen molar-refractivity contribution in [3.63, 3.8) is 0 Å². The number of hydrogen-bond acceptors (Lipinski definition) is 3. The van der Waals surface area contributed by atoms with Crippen LogP contribution < -0.4 is 0 Å². The van der Waals surface area contributed by atoms with Crippen molar-refractivity contribution >= 4 is 54.2 Å². The Balaban J connectivity index is 1.91. The Bertz CT molecular complexity index is 1280. The predicted molar refractivity (Wildman–Crippen MR) is 104 cm³/mol. The molecule has 0 fully saturated rings. The van der Waals surface area contributed by atoms with Gasteiger partial charge in [-0.1, -0.05) is 42.1 Å². The second kappa shape index (κ2) is 4.59. The second-order valence-corrected chi connectivity index (χ2v) is 8.19. The Morgan fingerprint density at radius 2 is 1.62 bits per heavy atom. The summed E-state index contributed by atoms with van der Waals surface area (Å²) in [6.45, 7) is 0. The number of nitrogens with zero attached hydrogens (tertiary/aromatic N) is 1. The van der Waals surface area contributed by atoms with Crippen LogP contribution in [0, 0.1) is 0 Å². The first-order valence-corrected chi connectivity index (χ1v) is 9.54. The van der Waals surface area contributed by atoms with E-state index in [-0.39, 0.29) is 0 Å². The van der Waals surface area contributed by atoms with E-state index >= 15 is 0 Å². The van der Waals surface area contributed by atoms with Crippen LogP contribution in [-0.2, 0) is 0 Å². The van der Waals surface area contributed by atoms with Crippen molar-refractivity contribution in [1.29, 1.82) is 0 Å². The van der Waals surface area contributed by atoms with Crippen LogP contribution in [0.1, 0.15) is 0 Å². The van der Waals surface area contributed by atoms with Crippen LogP contribution >= 0.6 is 23.1 Å². The summed E-state index contributed by atoms with van der Waals surface area (Å²) < 4.78 is 2.58. The third-order valence-corrected chi connectivity index (χ3v) is 6.94. The molecule has 1 nitrogen and oxygen atoms in total. The van der Waals surface area contributed by atoms with Gasteiger partial charge >= 0.3 is 0 Å². The van der Waals surface area contributed by atoms with Gasteiger partial charge in [-0.3, -0.25) is 4.98 Å². The molecule has 0 N–H and O–H groups in total. The van der Waals surface area contributed by atoms with Gasteiger partial charge in [0.25, 0.3) is 0 Å². The van der Waals surface area contributed by atoms with Crippen LogP contribution in [0.3, 0.4) is 0 Å². The summed E-state index contributed by atoms with van der Waals surface area (Å²) in [4.78, 5) is 7.36. The lowest BCUT2D eigenvalue weighted by Gasteiger charge is -2.20. The average Bonchev–Trinajstić information content (AvgIpc) is 3.00. The SMILES string of the molecule is c1ccc2c(c1)Sc1cccc3c1c-2cc1sc2cccnc2c13. The molecule has 3 aromatic carbocycles. The van der Waals surface area contributed by atoms with Crippen molar-refractivity contribution in [2.24, 2.45) is 0 Å². The van der Waals surface area contributed by atoms with Crippen molar-refractivity contribution in [3.8, 4) is 11.1 Å². The molecule has 6 rings (SSSR count). The second-order valence-electron chi connectivity index (χ2n) is 6.03. The van der Waals surface area contributed by atoms with Crippen LogP contribution in [0.2, 0.25) is 0 Å². The van der Waals surface area contributed by atoms with Crippen LogP contribution in [0.15, 0.2) is 76.7 Å². The lowest BCUT2D eigenvalue weighted by molar-refractivity contribution is 1.40. The van der Waals surface area contributed by atoms with Crippen molar-refractivity contribution in [2.45, 2.75) is 9.79 Å². The molecule has 3 heterocycles. The summed E-state index contributed by atoms with van der Waals surface area (Å²) in [7, 11) is 0. The molecule has 0 atom stereocenters. The molecule has 5 aromatic rings. The van der Waals surface area contributed by atoms with Crippen molar-refractivity contribution in [1.82, 2.24) is 4.98 Å². The molecular weight excluding hydrogens is 330 g/mol. The first kappa shape index (κ1) is 13.0. The molecule has 0 saturated carbocycles. The number of pyridine rings is 1. The van der Waals surface area contributed by atoms with Gasteiger partial charge in [-0.15, -0.1) is 11.3 Å². The summed E-state index contributed by atoms with van der Waals surface area (Å²) in [6.07, 6.45) is 1.90.